The van der Waals surface area contributed by atoms with Gasteiger partial charge in [0, 0.05) is 34.7 Å². The average Bonchev–Trinajstić information content (AvgIpc) is 3.55. The monoisotopic (exact) mass is 636 g/mol. The lowest BCUT2D eigenvalue weighted by atomic mass is 10.00. The van der Waals surface area contributed by atoms with Gasteiger partial charge in [-0.2, -0.15) is 0 Å². The SMILES string of the molecule is O=C1C=C(C(CCCCCCCCCCC(OC(=O)Nc2ccccc2)C2=CC(=O)OC2O)OC(=O)Nc2ccccc2)C(O)O1. The molecular weight excluding hydrogens is 596 g/mol. The Hall–Kier alpha value is -4.68. The minimum Gasteiger partial charge on any atom is -0.441 e. The minimum atomic E-state index is -1.44. The Morgan fingerprint density at radius 3 is 1.28 bits per heavy atom. The van der Waals surface area contributed by atoms with Crippen LogP contribution < -0.4 is 10.6 Å². The van der Waals surface area contributed by atoms with Gasteiger partial charge >= 0.3 is 24.1 Å². The summed E-state index contributed by atoms with van der Waals surface area (Å²) in [6.07, 6.45) is 4.36. The summed E-state index contributed by atoms with van der Waals surface area (Å²) in [6, 6.07) is 17.6. The Bertz CT molecular complexity index is 1270. The molecule has 4 unspecified atom stereocenters. The molecule has 46 heavy (non-hydrogen) atoms. The van der Waals surface area contributed by atoms with Crippen LogP contribution in [-0.4, -0.2) is 59.1 Å². The van der Waals surface area contributed by atoms with Crippen molar-refractivity contribution in [3.05, 3.63) is 84.0 Å². The van der Waals surface area contributed by atoms with Crippen LogP contribution in [0, 0.1) is 0 Å². The summed E-state index contributed by atoms with van der Waals surface area (Å²) in [7, 11) is 0. The fourth-order valence-corrected chi connectivity index (χ4v) is 5.25. The van der Waals surface area contributed by atoms with Crippen LogP contribution in [0.2, 0.25) is 0 Å². The normalized spacial score (nSPS) is 18.5. The zero-order valence-electron chi connectivity index (χ0n) is 25.5. The van der Waals surface area contributed by atoms with E-state index in [-0.39, 0.29) is 11.1 Å². The van der Waals surface area contributed by atoms with Crippen molar-refractivity contribution in [1.82, 2.24) is 0 Å². The van der Waals surface area contributed by atoms with Crippen LogP contribution in [0.25, 0.3) is 0 Å². The third-order valence-corrected chi connectivity index (χ3v) is 7.56. The molecule has 0 spiro atoms. The number of unbranched alkanes of at least 4 members (excludes halogenated alkanes) is 7. The number of para-hydroxylation sites is 2. The van der Waals surface area contributed by atoms with Crippen molar-refractivity contribution >= 4 is 35.5 Å². The van der Waals surface area contributed by atoms with Crippen LogP contribution >= 0.6 is 0 Å². The van der Waals surface area contributed by atoms with Crippen molar-refractivity contribution in [1.29, 1.82) is 0 Å². The molecule has 246 valence electrons. The summed E-state index contributed by atoms with van der Waals surface area (Å²) < 4.78 is 20.7. The van der Waals surface area contributed by atoms with Gasteiger partial charge in [-0.05, 0) is 49.9 Å². The van der Waals surface area contributed by atoms with Crippen molar-refractivity contribution < 1.29 is 48.3 Å². The molecule has 2 aromatic rings. The largest absolute Gasteiger partial charge is 0.441 e. The number of benzene rings is 2. The van der Waals surface area contributed by atoms with E-state index in [0.717, 1.165) is 38.5 Å². The Morgan fingerprint density at radius 2 is 0.957 bits per heavy atom. The molecular formula is C34H40N2O10. The van der Waals surface area contributed by atoms with Gasteiger partial charge in [0.25, 0.3) is 0 Å². The van der Waals surface area contributed by atoms with E-state index in [4.69, 9.17) is 18.9 Å². The maximum absolute atomic E-state index is 12.5. The van der Waals surface area contributed by atoms with E-state index in [1.54, 1.807) is 48.5 Å². The van der Waals surface area contributed by atoms with Crippen LogP contribution in [0.3, 0.4) is 0 Å². The number of hydrogen-bond acceptors (Lipinski definition) is 10. The summed E-state index contributed by atoms with van der Waals surface area (Å²) in [6.45, 7) is 0. The summed E-state index contributed by atoms with van der Waals surface area (Å²) in [5, 5.41) is 25.5. The predicted octanol–water partition coefficient (Wildman–Crippen LogP) is 5.73. The molecule has 4 atom stereocenters. The number of nitrogens with one attached hydrogen (secondary N) is 2. The Labute approximate surface area is 267 Å². The van der Waals surface area contributed by atoms with Crippen molar-refractivity contribution in [2.45, 2.75) is 89.0 Å². The maximum Gasteiger partial charge on any atom is 0.412 e. The van der Waals surface area contributed by atoms with Crippen LogP contribution in [-0.2, 0) is 28.5 Å². The molecule has 12 heteroatoms. The van der Waals surface area contributed by atoms with Crippen LogP contribution in [0.5, 0.6) is 0 Å². The molecule has 0 saturated carbocycles. The first kappa shape index (κ1) is 34.2. The number of rotatable bonds is 17. The molecule has 2 aliphatic heterocycles. The number of anilines is 2. The van der Waals surface area contributed by atoms with Crippen molar-refractivity contribution in [3.8, 4) is 0 Å². The van der Waals surface area contributed by atoms with Crippen LogP contribution in [0.1, 0.15) is 64.2 Å². The molecule has 2 heterocycles. The smallest absolute Gasteiger partial charge is 0.412 e. The maximum atomic E-state index is 12.5. The van der Waals surface area contributed by atoms with Crippen molar-refractivity contribution in [3.63, 3.8) is 0 Å². The molecule has 4 rings (SSSR count). The van der Waals surface area contributed by atoms with Gasteiger partial charge in [0.1, 0.15) is 12.2 Å². The van der Waals surface area contributed by atoms with E-state index in [2.05, 4.69) is 10.6 Å². The van der Waals surface area contributed by atoms with Gasteiger partial charge in [0.05, 0.1) is 0 Å². The molecule has 0 fully saturated rings. The average molecular weight is 637 g/mol. The summed E-state index contributed by atoms with van der Waals surface area (Å²) in [5.41, 5.74) is 1.58. The molecule has 0 aliphatic carbocycles. The zero-order valence-corrected chi connectivity index (χ0v) is 25.5. The van der Waals surface area contributed by atoms with Gasteiger partial charge in [-0.1, -0.05) is 74.9 Å². The first-order valence-electron chi connectivity index (χ1n) is 15.5. The first-order valence-corrected chi connectivity index (χ1v) is 15.5. The predicted molar refractivity (Wildman–Crippen MR) is 167 cm³/mol. The number of carbonyl (C=O) groups is 4. The molecule has 0 aromatic heterocycles. The number of esters is 2. The van der Waals surface area contributed by atoms with Gasteiger partial charge in [-0.25, -0.2) is 19.2 Å². The molecule has 0 bridgehead atoms. The molecule has 0 saturated heterocycles. The van der Waals surface area contributed by atoms with Crippen LogP contribution in [0.4, 0.5) is 21.0 Å². The molecule has 4 N–H and O–H groups in total. The highest BCUT2D eigenvalue weighted by molar-refractivity contribution is 5.88. The Balaban J connectivity index is 1.14. The van der Waals surface area contributed by atoms with Crippen molar-refractivity contribution in [2.24, 2.45) is 0 Å². The highest BCUT2D eigenvalue weighted by Gasteiger charge is 2.33. The summed E-state index contributed by atoms with van der Waals surface area (Å²) in [4.78, 5) is 48.2. The zero-order chi connectivity index (χ0) is 32.7. The minimum absolute atomic E-state index is 0.227. The lowest BCUT2D eigenvalue weighted by molar-refractivity contribution is -0.153. The number of cyclic esters (lactones) is 2. The summed E-state index contributed by atoms with van der Waals surface area (Å²) in [5.74, 6) is -1.35. The molecule has 2 aromatic carbocycles. The molecule has 2 amide bonds. The number of aliphatic hydroxyl groups excluding tert-OH is 2. The van der Waals surface area contributed by atoms with Crippen molar-refractivity contribution in [2.75, 3.05) is 10.6 Å². The van der Waals surface area contributed by atoms with Gasteiger partial charge in [0.2, 0.25) is 12.6 Å². The Morgan fingerprint density at radius 1 is 0.609 bits per heavy atom. The molecule has 0 radical (unpaired) electrons. The van der Waals surface area contributed by atoms with Gasteiger partial charge in [-0.3, -0.25) is 10.6 Å². The summed E-state index contributed by atoms with van der Waals surface area (Å²) >= 11 is 0. The highest BCUT2D eigenvalue weighted by Crippen LogP contribution is 2.26. The standard InChI is InChI=1S/C34H40N2O10/c37-29-21-25(31(39)45-29)27(43-33(41)35-23-15-9-7-10-16-23)19-13-5-3-1-2-4-6-14-20-28(26-22-30(38)46-32(26)40)44-34(42)36-24-17-11-8-12-18-24/h7-12,15-18,21-22,27-28,31-32,39-40H,1-6,13-14,19-20H2,(H,35,41)(H,36,42). The quantitative estimate of drug-likeness (QED) is 0.0956. The number of ether oxygens (including phenoxy) is 4. The van der Waals surface area contributed by atoms with E-state index < -0.39 is 48.9 Å². The van der Waals surface area contributed by atoms with Crippen LogP contribution in [0.15, 0.2) is 84.0 Å². The lowest BCUT2D eigenvalue weighted by Gasteiger charge is -2.21. The van der Waals surface area contributed by atoms with E-state index in [1.165, 1.54) is 12.2 Å². The van der Waals surface area contributed by atoms with Gasteiger partial charge < -0.3 is 29.2 Å². The highest BCUT2D eigenvalue weighted by atomic mass is 16.6. The third kappa shape index (κ3) is 11.0. The fourth-order valence-electron chi connectivity index (χ4n) is 5.25. The van der Waals surface area contributed by atoms with Gasteiger partial charge in [0.15, 0.2) is 0 Å². The first-order chi connectivity index (χ1) is 22.3. The molecule has 12 nitrogen and oxygen atoms in total. The number of carbonyl (C=O) groups excluding carboxylic acids is 4. The van der Waals surface area contributed by atoms with E-state index in [1.807, 2.05) is 12.1 Å². The van der Waals surface area contributed by atoms with E-state index in [0.29, 0.717) is 37.1 Å². The third-order valence-electron chi connectivity index (χ3n) is 7.56. The lowest BCUT2D eigenvalue weighted by Crippen LogP contribution is -2.28. The number of amides is 2. The Kier molecular flexibility index (Phi) is 13.2. The second-order valence-electron chi connectivity index (χ2n) is 11.0. The second-order valence-corrected chi connectivity index (χ2v) is 11.0. The number of hydrogen-bond donors (Lipinski definition) is 4. The second kappa shape index (κ2) is 17.7. The van der Waals surface area contributed by atoms with Gasteiger partial charge in [-0.15, -0.1) is 0 Å². The number of aliphatic hydroxyl groups is 2. The fraction of sp³-hybridized carbons (Fsp3) is 0.412. The van der Waals surface area contributed by atoms with E-state index >= 15 is 0 Å². The topological polar surface area (TPSA) is 170 Å². The van der Waals surface area contributed by atoms with E-state index in [9.17, 15) is 29.4 Å². The molecule has 2 aliphatic rings.